The van der Waals surface area contributed by atoms with Crippen molar-refractivity contribution in [3.05, 3.63) is 24.3 Å². The molecule has 1 spiro atoms. The van der Waals surface area contributed by atoms with Crippen molar-refractivity contribution in [3.63, 3.8) is 0 Å². The third-order valence-corrected chi connectivity index (χ3v) is 11.6. The zero-order chi connectivity index (χ0) is 27.8. The molecule has 3 N–H and O–H groups in total. The summed E-state index contributed by atoms with van der Waals surface area (Å²) in [6, 6.07) is 6.45. The molecule has 3 fully saturated rings. The van der Waals surface area contributed by atoms with Crippen LogP contribution in [0.1, 0.15) is 47.5 Å². The summed E-state index contributed by atoms with van der Waals surface area (Å²) in [4.78, 5) is 45.4. The summed E-state index contributed by atoms with van der Waals surface area (Å²) >= 11 is 5.40. The number of nitrogens with zero attached hydrogens (tertiary/aromatic N) is 2. The minimum atomic E-state index is -0.791. The molecule has 0 aliphatic carbocycles. The number of hydrogen-bond acceptors (Lipinski definition) is 6. The topological polar surface area (TPSA) is 102 Å². The average Bonchev–Trinajstić information content (AvgIpc) is 3.48. The zero-order valence-electron chi connectivity index (χ0n) is 22.9. The van der Waals surface area contributed by atoms with Gasteiger partial charge in [-0.2, -0.15) is 0 Å². The number of fused-ring (bicyclic) bond motifs is 1. The Morgan fingerprint density at radius 1 is 1.18 bits per heavy atom. The van der Waals surface area contributed by atoms with E-state index < -0.39 is 28.7 Å². The normalized spacial score (nSPS) is 30.5. The van der Waals surface area contributed by atoms with Gasteiger partial charge in [0.05, 0.1) is 29.2 Å². The first-order valence-corrected chi connectivity index (χ1v) is 15.6. The van der Waals surface area contributed by atoms with E-state index in [1.54, 1.807) is 16.7 Å². The highest BCUT2D eigenvalue weighted by atomic mass is 79.9. The maximum absolute atomic E-state index is 14.1. The van der Waals surface area contributed by atoms with Gasteiger partial charge in [0, 0.05) is 41.1 Å². The summed E-state index contributed by atoms with van der Waals surface area (Å²) in [6.07, 6.45) is 1.42. The smallest absolute Gasteiger partial charge is 0.248 e. The Morgan fingerprint density at radius 2 is 1.84 bits per heavy atom. The number of halogens is 1. The van der Waals surface area contributed by atoms with Gasteiger partial charge in [-0.1, -0.05) is 36.7 Å². The Hall–Kier alpha value is -1.78. The number of alkyl halides is 1. The first-order chi connectivity index (χ1) is 18.1. The average molecular weight is 610 g/mol. The Bertz CT molecular complexity index is 1040. The van der Waals surface area contributed by atoms with E-state index in [9.17, 15) is 19.5 Å². The number of hydrogen-bond donors (Lipinski definition) is 3. The molecule has 3 aliphatic rings. The van der Waals surface area contributed by atoms with Crippen molar-refractivity contribution in [2.45, 2.75) is 74.4 Å². The highest BCUT2D eigenvalue weighted by Crippen LogP contribution is 2.68. The van der Waals surface area contributed by atoms with Crippen molar-refractivity contribution in [3.8, 4) is 0 Å². The van der Waals surface area contributed by atoms with E-state index in [1.807, 2.05) is 45.0 Å². The van der Waals surface area contributed by atoms with E-state index >= 15 is 0 Å². The third kappa shape index (κ3) is 4.85. The second-order valence-electron chi connectivity index (χ2n) is 10.9. The molecule has 1 aromatic rings. The molecule has 3 saturated heterocycles. The molecule has 0 aromatic heterocycles. The highest BCUT2D eigenvalue weighted by molar-refractivity contribution is 9.09. The fourth-order valence-electron chi connectivity index (χ4n) is 6.57. The molecule has 3 amide bonds. The van der Waals surface area contributed by atoms with Crippen LogP contribution in [0.4, 0.5) is 11.4 Å². The standard InChI is InChI=1S/C28H41BrN4O4S/c1-6-13-30-25(35)21-22-27(37)33(20(15-34)16(4)5)24(28(22)14-19(29)23(21)38-28)26(36)31-17-9-11-18(12-10-17)32(7-2)8-3/h9-12,16,19-24,34H,6-8,13-15H2,1-5H3,(H,30,35)(H,31,36)/t19?,20-,21+,22-,23+,24?,28?/m0/s1. The van der Waals surface area contributed by atoms with E-state index in [0.29, 0.717) is 18.7 Å². The van der Waals surface area contributed by atoms with Crippen molar-refractivity contribution >= 4 is 56.8 Å². The van der Waals surface area contributed by atoms with Gasteiger partial charge in [-0.25, -0.2) is 0 Å². The lowest BCUT2D eigenvalue weighted by Gasteiger charge is -2.38. The van der Waals surface area contributed by atoms with Crippen molar-refractivity contribution in [1.82, 2.24) is 10.2 Å². The van der Waals surface area contributed by atoms with Crippen LogP contribution >= 0.6 is 27.7 Å². The number of rotatable bonds is 11. The van der Waals surface area contributed by atoms with Crippen LogP contribution in [0, 0.1) is 17.8 Å². The van der Waals surface area contributed by atoms with Crippen LogP contribution in [-0.4, -0.2) is 80.9 Å². The predicted octanol–water partition coefficient (Wildman–Crippen LogP) is 3.48. The summed E-state index contributed by atoms with van der Waals surface area (Å²) in [7, 11) is 0. The fourth-order valence-corrected chi connectivity index (χ4v) is 10.2. The molecule has 8 nitrogen and oxygen atoms in total. The van der Waals surface area contributed by atoms with Crippen LogP contribution < -0.4 is 15.5 Å². The van der Waals surface area contributed by atoms with Crippen LogP contribution in [0.2, 0.25) is 0 Å². The molecule has 2 bridgehead atoms. The lowest BCUT2D eigenvalue weighted by atomic mass is 9.70. The Balaban J connectivity index is 1.70. The van der Waals surface area contributed by atoms with E-state index in [4.69, 9.17) is 0 Å². The second-order valence-corrected chi connectivity index (χ2v) is 13.6. The van der Waals surface area contributed by atoms with Gasteiger partial charge in [0.1, 0.15) is 6.04 Å². The third-order valence-electron chi connectivity index (χ3n) is 8.40. The molecule has 210 valence electrons. The van der Waals surface area contributed by atoms with Crippen LogP contribution in [0.5, 0.6) is 0 Å². The van der Waals surface area contributed by atoms with Crippen molar-refractivity contribution in [2.24, 2.45) is 17.8 Å². The van der Waals surface area contributed by atoms with Crippen LogP contribution in [0.3, 0.4) is 0 Å². The van der Waals surface area contributed by atoms with Crippen LogP contribution in [0.15, 0.2) is 24.3 Å². The summed E-state index contributed by atoms with van der Waals surface area (Å²) in [6.45, 7) is 12.2. The van der Waals surface area contributed by atoms with Gasteiger partial charge in [-0.3, -0.25) is 14.4 Å². The Kier molecular flexibility index (Phi) is 9.04. The second kappa shape index (κ2) is 11.8. The fraction of sp³-hybridized carbons (Fsp3) is 0.679. The van der Waals surface area contributed by atoms with Gasteiger partial charge < -0.3 is 25.5 Å². The van der Waals surface area contributed by atoms with E-state index in [1.165, 1.54) is 0 Å². The van der Waals surface area contributed by atoms with E-state index in [2.05, 4.69) is 45.3 Å². The lowest BCUT2D eigenvalue weighted by molar-refractivity contribution is -0.142. The monoisotopic (exact) mass is 608 g/mol. The molecule has 7 atom stereocenters. The number of amides is 3. The lowest BCUT2D eigenvalue weighted by Crippen LogP contribution is -2.56. The Morgan fingerprint density at radius 3 is 2.39 bits per heavy atom. The van der Waals surface area contributed by atoms with Gasteiger partial charge in [0.15, 0.2) is 0 Å². The van der Waals surface area contributed by atoms with Crippen molar-refractivity contribution in [1.29, 1.82) is 0 Å². The SMILES string of the molecule is CCCNC(=O)[C@H]1[C@@H]2SC3(CC2Br)C(C(=O)Nc2ccc(N(CC)CC)cc2)N([C@@H](CO)C(C)C)C(=O)[C@H]13. The number of carbonyl (C=O) groups excluding carboxylic acids is 3. The van der Waals surface area contributed by atoms with Crippen molar-refractivity contribution < 1.29 is 19.5 Å². The summed E-state index contributed by atoms with van der Waals surface area (Å²) in [5, 5.41) is 16.3. The van der Waals surface area contributed by atoms with E-state index in [-0.39, 0.29) is 40.3 Å². The largest absolute Gasteiger partial charge is 0.394 e. The van der Waals surface area contributed by atoms with Crippen molar-refractivity contribution in [2.75, 3.05) is 36.5 Å². The number of likely N-dealkylation sites (tertiary alicyclic amines) is 1. The van der Waals surface area contributed by atoms with Crippen LogP contribution in [-0.2, 0) is 14.4 Å². The van der Waals surface area contributed by atoms with Gasteiger partial charge in [-0.15, -0.1) is 11.8 Å². The maximum atomic E-state index is 14.1. The quantitative estimate of drug-likeness (QED) is 0.332. The zero-order valence-corrected chi connectivity index (χ0v) is 25.3. The van der Waals surface area contributed by atoms with E-state index in [0.717, 1.165) is 25.2 Å². The Labute approximate surface area is 238 Å². The molecule has 0 saturated carbocycles. The van der Waals surface area contributed by atoms with Gasteiger partial charge in [0.2, 0.25) is 17.7 Å². The van der Waals surface area contributed by atoms with Crippen LogP contribution in [0.25, 0.3) is 0 Å². The molecule has 3 aliphatic heterocycles. The number of thioether (sulfide) groups is 1. The summed E-state index contributed by atoms with van der Waals surface area (Å²) in [5.74, 6) is -1.75. The van der Waals surface area contributed by atoms with Gasteiger partial charge in [0.25, 0.3) is 0 Å². The first-order valence-electron chi connectivity index (χ1n) is 13.8. The maximum Gasteiger partial charge on any atom is 0.248 e. The molecule has 4 rings (SSSR count). The molecule has 3 unspecified atom stereocenters. The number of aliphatic hydroxyl groups excluding tert-OH is 1. The molecule has 0 radical (unpaired) electrons. The number of benzene rings is 1. The number of nitrogens with one attached hydrogen (secondary N) is 2. The number of carbonyl (C=O) groups is 3. The minimum Gasteiger partial charge on any atom is -0.394 e. The summed E-state index contributed by atoms with van der Waals surface area (Å²) < 4.78 is -0.738. The first kappa shape index (κ1) is 29.2. The molecule has 10 heteroatoms. The highest BCUT2D eigenvalue weighted by Gasteiger charge is 2.76. The molecule has 38 heavy (non-hydrogen) atoms. The molecule has 3 heterocycles. The molecular formula is C28H41BrN4O4S. The number of aliphatic hydroxyl groups is 1. The van der Waals surface area contributed by atoms with Gasteiger partial charge >= 0.3 is 0 Å². The molecular weight excluding hydrogens is 568 g/mol. The molecule has 1 aromatic carbocycles. The number of anilines is 2. The minimum absolute atomic E-state index is 0.0177. The predicted molar refractivity (Wildman–Crippen MR) is 157 cm³/mol. The summed E-state index contributed by atoms with van der Waals surface area (Å²) in [5.41, 5.74) is 1.74. The van der Waals surface area contributed by atoms with Gasteiger partial charge in [-0.05, 0) is 56.9 Å².